The lowest BCUT2D eigenvalue weighted by Crippen LogP contribution is -2.37. The Morgan fingerprint density at radius 2 is 2.18 bits per heavy atom. The summed E-state index contributed by atoms with van der Waals surface area (Å²) in [5.41, 5.74) is 0.859. The van der Waals surface area contributed by atoms with Crippen LogP contribution in [0.5, 0.6) is 0 Å². The molecule has 0 aliphatic rings. The zero-order valence-corrected chi connectivity index (χ0v) is 11.1. The molecule has 0 saturated heterocycles. The summed E-state index contributed by atoms with van der Waals surface area (Å²) in [4.78, 5) is 6.53. The van der Waals surface area contributed by atoms with E-state index in [-0.39, 0.29) is 6.04 Å². The first kappa shape index (κ1) is 13.9. The molecule has 17 heavy (non-hydrogen) atoms. The van der Waals surface area contributed by atoms with Crippen molar-refractivity contribution in [3.8, 4) is 0 Å². The molecule has 1 aromatic heterocycles. The Kier molecular flexibility index (Phi) is 5.38. The van der Waals surface area contributed by atoms with Gasteiger partial charge in [0.15, 0.2) is 0 Å². The van der Waals surface area contributed by atoms with Crippen LogP contribution >= 0.6 is 0 Å². The van der Waals surface area contributed by atoms with Crippen LogP contribution in [0.25, 0.3) is 0 Å². The zero-order valence-electron chi connectivity index (χ0n) is 11.1. The molecule has 1 rings (SSSR count). The normalized spacial score (nSPS) is 14.4. The lowest BCUT2D eigenvalue weighted by atomic mass is 10.1. The predicted octanol–water partition coefficient (Wildman–Crippen LogP) is 2.00. The minimum Gasteiger partial charge on any atom is -0.389 e. The second kappa shape index (κ2) is 6.57. The van der Waals surface area contributed by atoms with Crippen LogP contribution in [-0.2, 0) is 4.74 Å². The van der Waals surface area contributed by atoms with Crippen LogP contribution in [0, 0.1) is 0 Å². The monoisotopic (exact) mass is 238 g/mol. The van der Waals surface area contributed by atoms with Gasteiger partial charge in [-0.1, -0.05) is 6.07 Å². The fourth-order valence-electron chi connectivity index (χ4n) is 1.98. The van der Waals surface area contributed by atoms with Gasteiger partial charge < -0.3 is 14.7 Å². The maximum absolute atomic E-state index is 9.76. The minimum atomic E-state index is -0.512. The summed E-state index contributed by atoms with van der Waals surface area (Å²) in [5, 5.41) is 9.76. The van der Waals surface area contributed by atoms with E-state index < -0.39 is 6.10 Å². The number of ether oxygens (including phenoxy) is 1. The number of likely N-dealkylation sites (N-methyl/N-ethyl adjacent to an activating group) is 1. The Morgan fingerprint density at radius 1 is 1.47 bits per heavy atom. The van der Waals surface area contributed by atoms with E-state index in [2.05, 4.69) is 23.7 Å². The quantitative estimate of drug-likeness (QED) is 0.823. The second-order valence-corrected chi connectivity index (χ2v) is 4.18. The van der Waals surface area contributed by atoms with E-state index in [0.717, 1.165) is 17.9 Å². The first-order valence-electron chi connectivity index (χ1n) is 6.00. The van der Waals surface area contributed by atoms with Crippen LogP contribution in [0.2, 0.25) is 0 Å². The molecule has 1 N–H and O–H groups in total. The van der Waals surface area contributed by atoms with E-state index in [0.29, 0.717) is 6.61 Å². The average molecular weight is 238 g/mol. The van der Waals surface area contributed by atoms with E-state index in [1.54, 1.807) is 20.2 Å². The zero-order chi connectivity index (χ0) is 12.8. The largest absolute Gasteiger partial charge is 0.389 e. The molecular weight excluding hydrogens is 216 g/mol. The summed E-state index contributed by atoms with van der Waals surface area (Å²) in [7, 11) is 1.69. The molecule has 4 heteroatoms. The van der Waals surface area contributed by atoms with Crippen LogP contribution in [0.4, 0.5) is 5.82 Å². The topological polar surface area (TPSA) is 45.6 Å². The summed E-state index contributed by atoms with van der Waals surface area (Å²) in [5.74, 6) is 0.842. The van der Waals surface area contributed by atoms with Crippen molar-refractivity contribution >= 4 is 5.82 Å². The van der Waals surface area contributed by atoms with Gasteiger partial charge in [-0.2, -0.15) is 0 Å². The summed E-state index contributed by atoms with van der Waals surface area (Å²) in [6.07, 6.45) is 1.24. The van der Waals surface area contributed by atoms with Gasteiger partial charge in [-0.15, -0.1) is 0 Å². The summed E-state index contributed by atoms with van der Waals surface area (Å²) < 4.78 is 5.18. The highest BCUT2D eigenvalue weighted by atomic mass is 16.5. The van der Waals surface area contributed by atoms with E-state index >= 15 is 0 Å². The SMILES string of the molecule is CCN(c1ncccc1C(C)O)C(C)COC. The van der Waals surface area contributed by atoms with E-state index in [1.807, 2.05) is 12.1 Å². The number of anilines is 1. The number of hydrogen-bond acceptors (Lipinski definition) is 4. The third-order valence-corrected chi connectivity index (χ3v) is 2.82. The number of nitrogens with zero attached hydrogens (tertiary/aromatic N) is 2. The van der Waals surface area contributed by atoms with E-state index in [9.17, 15) is 5.11 Å². The second-order valence-electron chi connectivity index (χ2n) is 4.18. The first-order chi connectivity index (χ1) is 8.11. The van der Waals surface area contributed by atoms with Crippen LogP contribution in [-0.4, -0.2) is 36.4 Å². The smallest absolute Gasteiger partial charge is 0.134 e. The maximum atomic E-state index is 9.76. The van der Waals surface area contributed by atoms with Crippen molar-refractivity contribution in [2.24, 2.45) is 0 Å². The van der Waals surface area contributed by atoms with Gasteiger partial charge in [0, 0.05) is 25.4 Å². The molecule has 0 aliphatic heterocycles. The van der Waals surface area contributed by atoms with Crippen LogP contribution in [0.15, 0.2) is 18.3 Å². The highest BCUT2D eigenvalue weighted by Crippen LogP contribution is 2.24. The molecule has 96 valence electrons. The molecule has 0 aliphatic carbocycles. The molecule has 2 unspecified atom stereocenters. The first-order valence-corrected chi connectivity index (χ1v) is 6.00. The highest BCUT2D eigenvalue weighted by molar-refractivity contribution is 5.48. The third-order valence-electron chi connectivity index (χ3n) is 2.82. The Labute approximate surface area is 103 Å². The number of hydrogen-bond donors (Lipinski definition) is 1. The fourth-order valence-corrected chi connectivity index (χ4v) is 1.98. The number of methoxy groups -OCH3 is 1. The Bertz CT molecular complexity index is 342. The number of pyridine rings is 1. The lowest BCUT2D eigenvalue weighted by molar-refractivity contribution is 0.180. The van der Waals surface area contributed by atoms with Gasteiger partial charge in [-0.05, 0) is 26.8 Å². The number of aliphatic hydroxyl groups is 1. The predicted molar refractivity (Wildman–Crippen MR) is 69.2 cm³/mol. The third kappa shape index (κ3) is 3.41. The van der Waals surface area contributed by atoms with Crippen molar-refractivity contribution in [1.82, 2.24) is 4.98 Å². The number of aromatic nitrogens is 1. The van der Waals surface area contributed by atoms with Crippen LogP contribution in [0.1, 0.15) is 32.4 Å². The van der Waals surface area contributed by atoms with Crippen molar-refractivity contribution in [2.75, 3.05) is 25.2 Å². The Morgan fingerprint density at radius 3 is 2.71 bits per heavy atom. The molecule has 0 spiro atoms. The van der Waals surface area contributed by atoms with Gasteiger partial charge in [0.05, 0.1) is 18.8 Å². The van der Waals surface area contributed by atoms with Crippen molar-refractivity contribution in [2.45, 2.75) is 32.9 Å². The molecule has 0 amide bonds. The molecule has 1 heterocycles. The van der Waals surface area contributed by atoms with Crippen molar-refractivity contribution < 1.29 is 9.84 Å². The lowest BCUT2D eigenvalue weighted by Gasteiger charge is -2.30. The molecule has 0 radical (unpaired) electrons. The summed E-state index contributed by atoms with van der Waals surface area (Å²) >= 11 is 0. The van der Waals surface area contributed by atoms with Crippen molar-refractivity contribution in [3.05, 3.63) is 23.9 Å². The molecule has 0 aromatic carbocycles. The van der Waals surface area contributed by atoms with Crippen LogP contribution in [0.3, 0.4) is 0 Å². The number of aliphatic hydroxyl groups excluding tert-OH is 1. The molecule has 0 fully saturated rings. The van der Waals surface area contributed by atoms with Gasteiger partial charge in [-0.25, -0.2) is 4.98 Å². The van der Waals surface area contributed by atoms with E-state index in [4.69, 9.17) is 4.74 Å². The fraction of sp³-hybridized carbons (Fsp3) is 0.615. The Balaban J connectivity index is 3.02. The molecule has 0 saturated carbocycles. The maximum Gasteiger partial charge on any atom is 0.134 e. The standard InChI is InChI=1S/C13H22N2O2/c1-5-15(10(2)9-17-4)13-12(11(3)16)7-6-8-14-13/h6-8,10-11,16H,5,9H2,1-4H3. The van der Waals surface area contributed by atoms with Gasteiger partial charge in [0.25, 0.3) is 0 Å². The van der Waals surface area contributed by atoms with Gasteiger partial charge in [0.1, 0.15) is 5.82 Å². The molecule has 2 atom stereocenters. The molecular formula is C13H22N2O2. The molecule has 0 bridgehead atoms. The average Bonchev–Trinajstić information content (AvgIpc) is 2.31. The summed E-state index contributed by atoms with van der Waals surface area (Å²) in [6, 6.07) is 3.99. The van der Waals surface area contributed by atoms with Gasteiger partial charge in [0.2, 0.25) is 0 Å². The van der Waals surface area contributed by atoms with Gasteiger partial charge >= 0.3 is 0 Å². The van der Waals surface area contributed by atoms with E-state index in [1.165, 1.54) is 0 Å². The highest BCUT2D eigenvalue weighted by Gasteiger charge is 2.18. The Hall–Kier alpha value is -1.13. The minimum absolute atomic E-state index is 0.234. The van der Waals surface area contributed by atoms with Gasteiger partial charge in [-0.3, -0.25) is 0 Å². The van der Waals surface area contributed by atoms with Crippen molar-refractivity contribution in [1.29, 1.82) is 0 Å². The van der Waals surface area contributed by atoms with Crippen molar-refractivity contribution in [3.63, 3.8) is 0 Å². The molecule has 1 aromatic rings. The van der Waals surface area contributed by atoms with Crippen LogP contribution < -0.4 is 4.90 Å². The molecule has 4 nitrogen and oxygen atoms in total. The number of rotatable bonds is 6. The summed E-state index contributed by atoms with van der Waals surface area (Å²) in [6.45, 7) is 7.40.